The number of nitrogens with two attached hydrogens (primary N) is 1. The van der Waals surface area contributed by atoms with Crippen LogP contribution in [0.2, 0.25) is 5.02 Å². The first-order valence-corrected chi connectivity index (χ1v) is 4.60. The van der Waals surface area contributed by atoms with E-state index in [0.717, 1.165) is 23.4 Å². The lowest BCUT2D eigenvalue weighted by Crippen LogP contribution is -2.21. The highest BCUT2D eigenvalue weighted by molar-refractivity contribution is 6.31. The zero-order valence-corrected chi connectivity index (χ0v) is 8.01. The summed E-state index contributed by atoms with van der Waals surface area (Å²) in [6.45, 7) is 2.08. The van der Waals surface area contributed by atoms with Gasteiger partial charge in [-0.1, -0.05) is 36.7 Å². The summed E-state index contributed by atoms with van der Waals surface area (Å²) in [5, 5.41) is 0.821. The summed E-state index contributed by atoms with van der Waals surface area (Å²) in [5.74, 6) is 0. The normalized spacial score (nSPS) is 12.9. The predicted octanol–water partition coefficient (Wildman–Crippen LogP) is 2.62. The van der Waals surface area contributed by atoms with Crippen molar-refractivity contribution in [1.82, 2.24) is 0 Å². The van der Waals surface area contributed by atoms with Crippen molar-refractivity contribution in [3.63, 3.8) is 0 Å². The molecule has 0 fully saturated rings. The number of benzene rings is 1. The van der Waals surface area contributed by atoms with Crippen molar-refractivity contribution in [3.05, 3.63) is 34.9 Å². The second-order valence-corrected chi connectivity index (χ2v) is 3.37. The van der Waals surface area contributed by atoms with Crippen molar-refractivity contribution in [2.75, 3.05) is 0 Å². The zero-order chi connectivity index (χ0) is 8.97. The summed E-state index contributed by atoms with van der Waals surface area (Å²) in [6, 6.07) is 8.08. The molecule has 1 aromatic rings. The van der Waals surface area contributed by atoms with Crippen molar-refractivity contribution in [3.8, 4) is 0 Å². The highest BCUT2D eigenvalue weighted by Gasteiger charge is 2.03. The third kappa shape index (κ3) is 2.50. The van der Waals surface area contributed by atoms with Gasteiger partial charge in [-0.15, -0.1) is 0 Å². The van der Waals surface area contributed by atoms with Gasteiger partial charge in [0, 0.05) is 11.1 Å². The van der Waals surface area contributed by atoms with E-state index in [4.69, 9.17) is 17.3 Å². The highest BCUT2D eigenvalue weighted by Crippen LogP contribution is 2.16. The lowest BCUT2D eigenvalue weighted by atomic mass is 10.1. The minimum Gasteiger partial charge on any atom is -0.327 e. The topological polar surface area (TPSA) is 26.0 Å². The number of halogens is 1. The highest BCUT2D eigenvalue weighted by atomic mass is 35.5. The Morgan fingerprint density at radius 1 is 1.42 bits per heavy atom. The third-order valence-corrected chi connectivity index (χ3v) is 2.33. The summed E-state index contributed by atoms with van der Waals surface area (Å²) in [4.78, 5) is 0. The van der Waals surface area contributed by atoms with Gasteiger partial charge in [0.2, 0.25) is 0 Å². The molecular formula is C10H14ClN. The quantitative estimate of drug-likeness (QED) is 0.766. The Labute approximate surface area is 78.5 Å². The van der Waals surface area contributed by atoms with E-state index < -0.39 is 0 Å². The summed E-state index contributed by atoms with van der Waals surface area (Å²) in [6.07, 6.45) is 1.86. The molecule has 1 nitrogen and oxygen atoms in total. The fourth-order valence-corrected chi connectivity index (χ4v) is 1.30. The van der Waals surface area contributed by atoms with Crippen molar-refractivity contribution in [2.24, 2.45) is 5.73 Å². The smallest absolute Gasteiger partial charge is 0.0438 e. The maximum Gasteiger partial charge on any atom is 0.0438 e. The minimum absolute atomic E-state index is 0.227. The van der Waals surface area contributed by atoms with Crippen LogP contribution in [0, 0.1) is 0 Å². The van der Waals surface area contributed by atoms with E-state index in [-0.39, 0.29) is 6.04 Å². The standard InChI is InChI=1S/C10H14ClN/c1-2-9(12)7-8-5-3-4-6-10(8)11/h3-6,9H,2,7,12H2,1H3/t9-/m0/s1. The Morgan fingerprint density at radius 3 is 2.67 bits per heavy atom. The average molecular weight is 184 g/mol. The maximum absolute atomic E-state index is 5.97. The van der Waals surface area contributed by atoms with Crippen molar-refractivity contribution in [2.45, 2.75) is 25.8 Å². The molecule has 1 aromatic carbocycles. The molecule has 0 amide bonds. The summed E-state index contributed by atoms with van der Waals surface area (Å²) >= 11 is 5.97. The van der Waals surface area contributed by atoms with Crippen LogP contribution in [0.15, 0.2) is 24.3 Å². The monoisotopic (exact) mass is 183 g/mol. The van der Waals surface area contributed by atoms with Gasteiger partial charge in [0.25, 0.3) is 0 Å². The van der Waals surface area contributed by atoms with Gasteiger partial charge in [-0.3, -0.25) is 0 Å². The number of rotatable bonds is 3. The van der Waals surface area contributed by atoms with Crippen LogP contribution < -0.4 is 5.73 Å². The van der Waals surface area contributed by atoms with Crippen molar-refractivity contribution < 1.29 is 0 Å². The van der Waals surface area contributed by atoms with Crippen molar-refractivity contribution in [1.29, 1.82) is 0 Å². The van der Waals surface area contributed by atoms with Gasteiger partial charge in [0.1, 0.15) is 0 Å². The number of hydrogen-bond donors (Lipinski definition) is 1. The van der Waals surface area contributed by atoms with Gasteiger partial charge in [-0.25, -0.2) is 0 Å². The Kier molecular flexibility index (Phi) is 3.57. The second-order valence-electron chi connectivity index (χ2n) is 2.96. The van der Waals surface area contributed by atoms with Crippen LogP contribution in [-0.4, -0.2) is 6.04 Å². The lowest BCUT2D eigenvalue weighted by molar-refractivity contribution is 0.646. The van der Waals surface area contributed by atoms with Crippen LogP contribution in [0.25, 0.3) is 0 Å². The second kappa shape index (κ2) is 4.48. The van der Waals surface area contributed by atoms with Gasteiger partial charge >= 0.3 is 0 Å². The molecule has 2 heteroatoms. The molecule has 1 atom stereocenters. The predicted molar refractivity (Wildman–Crippen MR) is 53.4 cm³/mol. The Bertz CT molecular complexity index is 247. The van der Waals surface area contributed by atoms with Crippen LogP contribution in [0.1, 0.15) is 18.9 Å². The molecule has 0 unspecified atom stereocenters. The van der Waals surface area contributed by atoms with Crippen LogP contribution in [0.4, 0.5) is 0 Å². The Balaban J connectivity index is 2.69. The molecule has 0 bridgehead atoms. The molecule has 0 saturated carbocycles. The molecule has 0 saturated heterocycles. The van der Waals surface area contributed by atoms with Gasteiger partial charge < -0.3 is 5.73 Å². The van der Waals surface area contributed by atoms with Gasteiger partial charge in [-0.2, -0.15) is 0 Å². The summed E-state index contributed by atoms with van der Waals surface area (Å²) in [5.41, 5.74) is 6.96. The summed E-state index contributed by atoms with van der Waals surface area (Å²) < 4.78 is 0. The minimum atomic E-state index is 0.227. The van der Waals surface area contributed by atoms with Crippen molar-refractivity contribution >= 4 is 11.6 Å². The maximum atomic E-state index is 5.97. The van der Waals surface area contributed by atoms with Crippen LogP contribution in [0.5, 0.6) is 0 Å². The third-order valence-electron chi connectivity index (χ3n) is 1.96. The van der Waals surface area contributed by atoms with Gasteiger partial charge in [0.05, 0.1) is 0 Å². The van der Waals surface area contributed by atoms with Crippen LogP contribution >= 0.6 is 11.6 Å². The van der Waals surface area contributed by atoms with E-state index in [1.807, 2.05) is 24.3 Å². The average Bonchev–Trinajstić information content (AvgIpc) is 2.09. The van der Waals surface area contributed by atoms with E-state index in [1.54, 1.807) is 0 Å². The van der Waals surface area contributed by atoms with E-state index in [9.17, 15) is 0 Å². The van der Waals surface area contributed by atoms with E-state index >= 15 is 0 Å². The molecule has 0 spiro atoms. The zero-order valence-electron chi connectivity index (χ0n) is 7.26. The molecule has 2 N–H and O–H groups in total. The molecule has 0 aliphatic carbocycles. The van der Waals surface area contributed by atoms with E-state index in [2.05, 4.69) is 6.92 Å². The molecular weight excluding hydrogens is 170 g/mol. The molecule has 0 aliphatic rings. The van der Waals surface area contributed by atoms with Gasteiger partial charge in [0.15, 0.2) is 0 Å². The first-order valence-electron chi connectivity index (χ1n) is 4.23. The molecule has 0 aliphatic heterocycles. The Hall–Kier alpha value is -0.530. The fourth-order valence-electron chi connectivity index (χ4n) is 1.09. The molecule has 0 aromatic heterocycles. The molecule has 1 rings (SSSR count). The fraction of sp³-hybridized carbons (Fsp3) is 0.400. The molecule has 12 heavy (non-hydrogen) atoms. The first kappa shape index (κ1) is 9.56. The molecule has 66 valence electrons. The summed E-state index contributed by atoms with van der Waals surface area (Å²) in [7, 11) is 0. The number of hydrogen-bond acceptors (Lipinski definition) is 1. The largest absolute Gasteiger partial charge is 0.327 e. The van der Waals surface area contributed by atoms with Crippen LogP contribution in [-0.2, 0) is 6.42 Å². The molecule has 0 heterocycles. The molecule has 0 radical (unpaired) electrons. The Morgan fingerprint density at radius 2 is 2.08 bits per heavy atom. The SMILES string of the molecule is CC[C@H](N)Cc1ccccc1Cl. The van der Waals surface area contributed by atoms with E-state index in [1.165, 1.54) is 0 Å². The van der Waals surface area contributed by atoms with E-state index in [0.29, 0.717) is 0 Å². The first-order chi connectivity index (χ1) is 5.74. The van der Waals surface area contributed by atoms with Crippen LogP contribution in [0.3, 0.4) is 0 Å². The van der Waals surface area contributed by atoms with Gasteiger partial charge in [-0.05, 0) is 24.5 Å². The lowest BCUT2D eigenvalue weighted by Gasteiger charge is -2.09.